The van der Waals surface area contributed by atoms with Gasteiger partial charge in [-0.3, -0.25) is 0 Å². The molecule has 4 heterocycles. The number of benzene rings is 4. The van der Waals surface area contributed by atoms with Gasteiger partial charge in [-0.05, 0) is 74.2 Å². The average molecular weight is 695 g/mol. The Hall–Kier alpha value is -6.56. The van der Waals surface area contributed by atoms with Crippen molar-refractivity contribution in [3.05, 3.63) is 162 Å². The maximum Gasteiger partial charge on any atom is 0.346 e. The van der Waals surface area contributed by atoms with Crippen molar-refractivity contribution in [3.8, 4) is 0 Å². The second-order valence-corrected chi connectivity index (χ2v) is 12.6. The fourth-order valence-electron chi connectivity index (χ4n) is 6.54. The van der Waals surface area contributed by atoms with E-state index in [2.05, 4.69) is 9.97 Å². The minimum absolute atomic E-state index is 0.223. The first-order chi connectivity index (χ1) is 25.4. The topological polar surface area (TPSA) is 172 Å². The van der Waals surface area contributed by atoms with Crippen molar-refractivity contribution >= 4 is 43.6 Å². The van der Waals surface area contributed by atoms with E-state index in [0.29, 0.717) is 69.3 Å². The zero-order chi connectivity index (χ0) is 35.6. The highest BCUT2D eigenvalue weighted by molar-refractivity contribution is 5.78. The molecule has 258 valence electrons. The number of fused-ring (bicyclic) bond motifs is 4. The minimum atomic E-state index is -0.517. The summed E-state index contributed by atoms with van der Waals surface area (Å²) in [5.41, 5.74) is 0.0155. The van der Waals surface area contributed by atoms with Crippen LogP contribution in [0.15, 0.2) is 134 Å². The van der Waals surface area contributed by atoms with Gasteiger partial charge in [0.2, 0.25) is 11.8 Å². The third-order valence-electron chi connectivity index (χ3n) is 9.24. The van der Waals surface area contributed by atoms with Crippen molar-refractivity contribution in [2.45, 2.75) is 50.4 Å². The van der Waals surface area contributed by atoms with E-state index < -0.39 is 34.3 Å². The zero-order valence-electron chi connectivity index (χ0n) is 27.7. The second kappa shape index (κ2) is 14.0. The van der Waals surface area contributed by atoms with Gasteiger partial charge in [-0.2, -0.15) is 0 Å². The molecule has 0 spiro atoms. The van der Waals surface area contributed by atoms with Crippen molar-refractivity contribution in [3.63, 3.8) is 0 Å². The van der Waals surface area contributed by atoms with Gasteiger partial charge in [0, 0.05) is 24.7 Å². The van der Waals surface area contributed by atoms with E-state index in [4.69, 9.17) is 27.6 Å². The largest absolute Gasteiger partial charge is 0.408 e. The summed E-state index contributed by atoms with van der Waals surface area (Å²) in [6.45, 7) is 0. The van der Waals surface area contributed by atoms with Gasteiger partial charge in [-0.15, -0.1) is 0 Å². The SMILES string of the molecule is O=c1oc(CCC(CCC(CCc2nc3ccccc3c(=O)o2)c2nc3ccccc3c(=O)o2)c2nc3ccccc3c(=O)o2)nc2ccccc12. The summed E-state index contributed by atoms with van der Waals surface area (Å²) >= 11 is 0. The van der Waals surface area contributed by atoms with Gasteiger partial charge < -0.3 is 17.7 Å². The molecule has 52 heavy (non-hydrogen) atoms. The highest BCUT2D eigenvalue weighted by Gasteiger charge is 2.25. The van der Waals surface area contributed by atoms with Gasteiger partial charge in [0.1, 0.15) is 0 Å². The lowest BCUT2D eigenvalue weighted by atomic mass is 9.89. The number of hydrogen-bond acceptors (Lipinski definition) is 12. The van der Waals surface area contributed by atoms with Gasteiger partial charge in [-0.25, -0.2) is 39.1 Å². The summed E-state index contributed by atoms with van der Waals surface area (Å²) in [4.78, 5) is 70.2. The summed E-state index contributed by atoms with van der Waals surface area (Å²) in [5.74, 6) is 0.0481. The average Bonchev–Trinajstić information content (AvgIpc) is 3.16. The molecule has 2 unspecified atom stereocenters. The molecule has 0 saturated carbocycles. The van der Waals surface area contributed by atoms with Gasteiger partial charge in [0.25, 0.3) is 0 Å². The van der Waals surface area contributed by atoms with Crippen LogP contribution < -0.4 is 22.5 Å². The molecule has 0 saturated heterocycles. The summed E-state index contributed by atoms with van der Waals surface area (Å²) in [7, 11) is 0. The van der Waals surface area contributed by atoms with E-state index in [1.807, 2.05) is 0 Å². The fraction of sp³-hybridized carbons (Fsp3) is 0.200. The molecular weight excluding hydrogens is 664 g/mol. The van der Waals surface area contributed by atoms with E-state index >= 15 is 0 Å². The summed E-state index contributed by atoms with van der Waals surface area (Å²) in [5, 5.41) is 1.48. The molecule has 8 aromatic rings. The Morgan fingerprint density at radius 1 is 0.385 bits per heavy atom. The highest BCUT2D eigenvalue weighted by atomic mass is 16.4. The van der Waals surface area contributed by atoms with Crippen LogP contribution >= 0.6 is 0 Å². The predicted octanol–water partition coefficient (Wildman–Crippen LogP) is 6.61. The maximum absolute atomic E-state index is 13.1. The Kier molecular flexibility index (Phi) is 8.78. The van der Waals surface area contributed by atoms with E-state index in [1.165, 1.54) is 0 Å². The molecule has 0 N–H and O–H groups in total. The van der Waals surface area contributed by atoms with Crippen molar-refractivity contribution in [1.29, 1.82) is 0 Å². The molecular formula is C40H30N4O8. The second-order valence-electron chi connectivity index (χ2n) is 12.6. The Labute approximate surface area is 293 Å². The number of aromatic nitrogens is 4. The van der Waals surface area contributed by atoms with Crippen LogP contribution in [0, 0.1) is 0 Å². The number of aryl methyl sites for hydroxylation is 2. The molecule has 12 heteroatoms. The third kappa shape index (κ3) is 6.65. The minimum Gasteiger partial charge on any atom is -0.408 e. The van der Waals surface area contributed by atoms with Crippen LogP contribution in [0.4, 0.5) is 0 Å². The fourth-order valence-corrected chi connectivity index (χ4v) is 6.54. The lowest BCUT2D eigenvalue weighted by molar-refractivity contribution is 0.328. The quantitative estimate of drug-likeness (QED) is 0.142. The van der Waals surface area contributed by atoms with E-state index in [-0.39, 0.29) is 36.4 Å². The van der Waals surface area contributed by atoms with Gasteiger partial charge in [-0.1, -0.05) is 48.5 Å². The third-order valence-corrected chi connectivity index (χ3v) is 9.24. The lowest BCUT2D eigenvalue weighted by Gasteiger charge is -2.19. The Bertz CT molecular complexity index is 2650. The van der Waals surface area contributed by atoms with Crippen molar-refractivity contribution in [1.82, 2.24) is 19.9 Å². The van der Waals surface area contributed by atoms with Gasteiger partial charge in [0.15, 0.2) is 11.8 Å². The lowest BCUT2D eigenvalue weighted by Crippen LogP contribution is -2.15. The standard InChI is InChI=1S/C40H30N4O8/c45-37-25-9-1-5-13-29(25)41-33(49-37)21-19-23(35-43-31-15-7-3-11-27(31)39(47)51-35)17-18-24(36-44-32-16-8-4-12-28(32)40(48)52-36)20-22-34-42-30-14-6-2-10-26(30)38(46)50-34/h1-16,23-24H,17-22H2. The molecule has 0 bridgehead atoms. The van der Waals surface area contributed by atoms with Crippen LogP contribution in [0.5, 0.6) is 0 Å². The van der Waals surface area contributed by atoms with Crippen LogP contribution in [-0.2, 0) is 12.8 Å². The molecule has 12 nitrogen and oxygen atoms in total. The molecule has 0 aliphatic rings. The molecule has 0 amide bonds. The van der Waals surface area contributed by atoms with Gasteiger partial charge >= 0.3 is 22.5 Å². The van der Waals surface area contributed by atoms with Gasteiger partial charge in [0.05, 0.1) is 43.6 Å². The molecule has 0 aliphatic carbocycles. The van der Waals surface area contributed by atoms with Crippen LogP contribution in [0.1, 0.15) is 61.1 Å². The maximum atomic E-state index is 13.1. The summed E-state index contributed by atoms with van der Waals surface area (Å²) < 4.78 is 22.7. The predicted molar refractivity (Wildman–Crippen MR) is 192 cm³/mol. The first-order valence-corrected chi connectivity index (χ1v) is 17.0. The highest BCUT2D eigenvalue weighted by Crippen LogP contribution is 2.33. The first-order valence-electron chi connectivity index (χ1n) is 17.0. The molecule has 2 atom stereocenters. The molecule has 0 fully saturated rings. The van der Waals surface area contributed by atoms with Crippen molar-refractivity contribution in [2.24, 2.45) is 0 Å². The molecule has 0 radical (unpaired) electrons. The first kappa shape index (κ1) is 32.6. The molecule has 0 aliphatic heterocycles. The summed E-state index contributed by atoms with van der Waals surface area (Å²) in [6.07, 6.45) is 2.05. The number of nitrogens with zero attached hydrogens (tertiary/aromatic N) is 4. The van der Waals surface area contributed by atoms with E-state index in [9.17, 15) is 19.2 Å². The molecule has 8 rings (SSSR count). The van der Waals surface area contributed by atoms with Crippen LogP contribution in [0.2, 0.25) is 0 Å². The smallest absolute Gasteiger partial charge is 0.346 e. The van der Waals surface area contributed by atoms with E-state index in [1.54, 1.807) is 97.1 Å². The van der Waals surface area contributed by atoms with E-state index in [0.717, 1.165) is 0 Å². The van der Waals surface area contributed by atoms with Crippen molar-refractivity contribution in [2.75, 3.05) is 0 Å². The molecule has 4 aromatic heterocycles. The van der Waals surface area contributed by atoms with Crippen LogP contribution in [-0.4, -0.2) is 19.9 Å². The summed E-state index contributed by atoms with van der Waals surface area (Å²) in [6, 6.07) is 27.8. The van der Waals surface area contributed by atoms with Crippen molar-refractivity contribution < 1.29 is 17.7 Å². The van der Waals surface area contributed by atoms with Crippen LogP contribution in [0.25, 0.3) is 43.6 Å². The number of hydrogen-bond donors (Lipinski definition) is 0. The molecule has 4 aromatic carbocycles. The Balaban J connectivity index is 1.14. The Morgan fingerprint density at radius 2 is 0.692 bits per heavy atom. The zero-order valence-corrected chi connectivity index (χ0v) is 27.7. The monoisotopic (exact) mass is 694 g/mol. The number of rotatable bonds is 11. The normalized spacial score (nSPS) is 12.8. The van der Waals surface area contributed by atoms with Crippen LogP contribution in [0.3, 0.4) is 0 Å². The number of para-hydroxylation sites is 4. The Morgan fingerprint density at radius 3 is 1.06 bits per heavy atom.